The normalized spacial score (nSPS) is 16.7. The van der Waals surface area contributed by atoms with E-state index in [9.17, 15) is 4.79 Å². The van der Waals surface area contributed by atoms with Crippen molar-refractivity contribution in [1.82, 2.24) is 10.2 Å². The Morgan fingerprint density at radius 3 is 2.06 bits per heavy atom. The summed E-state index contributed by atoms with van der Waals surface area (Å²) in [5, 5.41) is 3.18. The third-order valence-electron chi connectivity index (χ3n) is 5.95. The molecule has 0 saturated heterocycles. The maximum Gasteiger partial charge on any atom is 0.243 e. The SMILES string of the molecule is CC(C)C(C(=O)NCc1ccccc1)N1C(c2ccccc2)=NCC1Cc1ccccc1. The third-order valence-corrected chi connectivity index (χ3v) is 5.95. The van der Waals surface area contributed by atoms with Crippen LogP contribution in [0.5, 0.6) is 0 Å². The Morgan fingerprint density at radius 1 is 0.906 bits per heavy atom. The molecule has 32 heavy (non-hydrogen) atoms. The first-order valence-electron chi connectivity index (χ1n) is 11.4. The van der Waals surface area contributed by atoms with E-state index in [0.717, 1.165) is 23.4 Å². The Morgan fingerprint density at radius 2 is 1.47 bits per heavy atom. The molecule has 0 aromatic heterocycles. The molecular formula is C28H31N3O. The fourth-order valence-corrected chi connectivity index (χ4v) is 4.41. The van der Waals surface area contributed by atoms with Crippen LogP contribution in [0.25, 0.3) is 0 Å². The number of hydrogen-bond donors (Lipinski definition) is 1. The molecule has 1 aliphatic rings. The molecule has 0 radical (unpaired) electrons. The highest BCUT2D eigenvalue weighted by Crippen LogP contribution is 2.26. The minimum Gasteiger partial charge on any atom is -0.350 e. The molecule has 1 N–H and O–H groups in total. The van der Waals surface area contributed by atoms with E-state index in [0.29, 0.717) is 13.1 Å². The molecule has 1 aliphatic heterocycles. The maximum atomic E-state index is 13.5. The van der Waals surface area contributed by atoms with Gasteiger partial charge >= 0.3 is 0 Å². The quantitative estimate of drug-likeness (QED) is 0.569. The van der Waals surface area contributed by atoms with E-state index in [2.05, 4.69) is 60.5 Å². The summed E-state index contributed by atoms with van der Waals surface area (Å²) in [6.07, 6.45) is 0.857. The highest BCUT2D eigenvalue weighted by atomic mass is 16.2. The van der Waals surface area contributed by atoms with Crippen molar-refractivity contribution in [2.75, 3.05) is 6.54 Å². The van der Waals surface area contributed by atoms with Crippen molar-refractivity contribution < 1.29 is 4.79 Å². The van der Waals surface area contributed by atoms with Gasteiger partial charge in [0.2, 0.25) is 5.91 Å². The number of benzene rings is 3. The lowest BCUT2D eigenvalue weighted by Gasteiger charge is -2.37. The van der Waals surface area contributed by atoms with Crippen LogP contribution in [0.3, 0.4) is 0 Å². The van der Waals surface area contributed by atoms with Crippen molar-refractivity contribution in [2.24, 2.45) is 10.9 Å². The Kier molecular flexibility index (Phi) is 7.00. The van der Waals surface area contributed by atoms with Gasteiger partial charge < -0.3 is 10.2 Å². The molecule has 0 spiro atoms. The van der Waals surface area contributed by atoms with Gasteiger partial charge in [-0.3, -0.25) is 9.79 Å². The van der Waals surface area contributed by atoms with E-state index in [1.54, 1.807) is 0 Å². The lowest BCUT2D eigenvalue weighted by atomic mass is 9.96. The molecule has 0 bridgehead atoms. The number of aliphatic imine (C=N–C) groups is 1. The molecule has 164 valence electrons. The minimum atomic E-state index is -0.297. The van der Waals surface area contributed by atoms with Crippen LogP contribution < -0.4 is 5.32 Å². The Balaban J connectivity index is 1.61. The van der Waals surface area contributed by atoms with E-state index in [-0.39, 0.29) is 23.9 Å². The number of nitrogens with one attached hydrogen (secondary N) is 1. The number of rotatable bonds is 8. The number of carbonyl (C=O) groups excluding carboxylic acids is 1. The van der Waals surface area contributed by atoms with E-state index in [4.69, 9.17) is 4.99 Å². The molecule has 0 saturated carbocycles. The second-order valence-corrected chi connectivity index (χ2v) is 8.67. The fraction of sp³-hybridized carbons (Fsp3) is 0.286. The molecular weight excluding hydrogens is 394 g/mol. The smallest absolute Gasteiger partial charge is 0.243 e. The molecule has 2 unspecified atom stereocenters. The summed E-state index contributed by atoms with van der Waals surface area (Å²) in [6, 6.07) is 30.6. The predicted octanol–water partition coefficient (Wildman–Crippen LogP) is 4.70. The van der Waals surface area contributed by atoms with Crippen molar-refractivity contribution >= 4 is 11.7 Å². The topological polar surface area (TPSA) is 44.7 Å². The van der Waals surface area contributed by atoms with E-state index >= 15 is 0 Å². The first-order chi connectivity index (χ1) is 15.6. The van der Waals surface area contributed by atoms with Gasteiger partial charge in [0.25, 0.3) is 0 Å². The maximum absolute atomic E-state index is 13.5. The summed E-state index contributed by atoms with van der Waals surface area (Å²) in [5.74, 6) is 1.10. The lowest BCUT2D eigenvalue weighted by molar-refractivity contribution is -0.127. The molecule has 4 heteroatoms. The van der Waals surface area contributed by atoms with Crippen LogP contribution in [-0.2, 0) is 17.8 Å². The van der Waals surface area contributed by atoms with Crippen molar-refractivity contribution in [3.63, 3.8) is 0 Å². The number of amides is 1. The Labute approximate surface area is 191 Å². The summed E-state index contributed by atoms with van der Waals surface area (Å²) in [6.45, 7) is 5.45. The summed E-state index contributed by atoms with van der Waals surface area (Å²) < 4.78 is 0. The molecule has 0 fully saturated rings. The van der Waals surface area contributed by atoms with Gasteiger partial charge in [0.05, 0.1) is 12.6 Å². The van der Waals surface area contributed by atoms with Crippen molar-refractivity contribution in [1.29, 1.82) is 0 Å². The first kappa shape index (κ1) is 21.8. The monoisotopic (exact) mass is 425 g/mol. The van der Waals surface area contributed by atoms with Crippen molar-refractivity contribution in [3.05, 3.63) is 108 Å². The Hall–Kier alpha value is -3.40. The van der Waals surface area contributed by atoms with Crippen molar-refractivity contribution in [2.45, 2.75) is 38.9 Å². The average Bonchev–Trinajstić information content (AvgIpc) is 3.22. The van der Waals surface area contributed by atoms with Crippen LogP contribution in [0.4, 0.5) is 0 Å². The van der Waals surface area contributed by atoms with Crippen LogP contribution in [0.1, 0.15) is 30.5 Å². The largest absolute Gasteiger partial charge is 0.350 e. The van der Waals surface area contributed by atoms with E-state index in [1.807, 2.05) is 54.6 Å². The van der Waals surface area contributed by atoms with Gasteiger partial charge in [0.1, 0.15) is 11.9 Å². The molecule has 3 aromatic rings. The van der Waals surface area contributed by atoms with Crippen LogP contribution >= 0.6 is 0 Å². The van der Waals surface area contributed by atoms with Crippen LogP contribution in [0, 0.1) is 5.92 Å². The molecule has 4 nitrogen and oxygen atoms in total. The third kappa shape index (κ3) is 5.08. The molecule has 1 heterocycles. The lowest BCUT2D eigenvalue weighted by Crippen LogP contribution is -2.55. The molecule has 1 amide bonds. The second-order valence-electron chi connectivity index (χ2n) is 8.67. The molecule has 0 aliphatic carbocycles. The zero-order valence-electron chi connectivity index (χ0n) is 18.8. The van der Waals surface area contributed by atoms with Crippen LogP contribution in [0.15, 0.2) is 96.0 Å². The van der Waals surface area contributed by atoms with E-state index in [1.165, 1.54) is 5.56 Å². The van der Waals surface area contributed by atoms with Gasteiger partial charge in [-0.2, -0.15) is 0 Å². The van der Waals surface area contributed by atoms with Crippen molar-refractivity contribution in [3.8, 4) is 0 Å². The minimum absolute atomic E-state index is 0.0486. The highest BCUT2D eigenvalue weighted by molar-refractivity contribution is 6.02. The standard InChI is InChI=1S/C28H31N3O/c1-21(2)26(28(32)30-19-23-14-8-4-9-15-23)31-25(18-22-12-6-3-7-13-22)20-29-27(31)24-16-10-5-11-17-24/h3-17,21,25-26H,18-20H2,1-2H3,(H,30,32). The molecule has 3 aromatic carbocycles. The van der Waals surface area contributed by atoms with Gasteiger partial charge in [0, 0.05) is 12.1 Å². The Bertz CT molecular complexity index is 1030. The number of carbonyl (C=O) groups is 1. The van der Waals surface area contributed by atoms with Gasteiger partial charge in [-0.15, -0.1) is 0 Å². The fourth-order valence-electron chi connectivity index (χ4n) is 4.41. The van der Waals surface area contributed by atoms with Crippen LogP contribution in [0.2, 0.25) is 0 Å². The van der Waals surface area contributed by atoms with E-state index < -0.39 is 0 Å². The highest BCUT2D eigenvalue weighted by Gasteiger charge is 2.39. The summed E-state index contributed by atoms with van der Waals surface area (Å²) in [5.41, 5.74) is 3.42. The number of hydrogen-bond acceptors (Lipinski definition) is 3. The zero-order valence-corrected chi connectivity index (χ0v) is 18.8. The van der Waals surface area contributed by atoms with Gasteiger partial charge in [0.15, 0.2) is 0 Å². The summed E-state index contributed by atoms with van der Waals surface area (Å²) in [4.78, 5) is 20.7. The molecule has 4 rings (SSSR count). The molecule has 2 atom stereocenters. The first-order valence-corrected chi connectivity index (χ1v) is 11.4. The summed E-state index contributed by atoms with van der Waals surface area (Å²) in [7, 11) is 0. The number of amidine groups is 1. The number of nitrogens with zero attached hydrogens (tertiary/aromatic N) is 2. The van der Waals surface area contributed by atoms with Gasteiger partial charge in [-0.1, -0.05) is 105 Å². The summed E-state index contributed by atoms with van der Waals surface area (Å²) >= 11 is 0. The predicted molar refractivity (Wildman–Crippen MR) is 131 cm³/mol. The second kappa shape index (κ2) is 10.3. The average molecular weight is 426 g/mol. The zero-order chi connectivity index (χ0) is 22.3. The van der Waals surface area contributed by atoms with Crippen LogP contribution in [-0.4, -0.2) is 35.3 Å². The van der Waals surface area contributed by atoms with Gasteiger partial charge in [-0.25, -0.2) is 0 Å². The van der Waals surface area contributed by atoms with Gasteiger partial charge in [-0.05, 0) is 23.5 Å².